The minimum Gasteiger partial charge on any atom is -0.360 e. The van der Waals surface area contributed by atoms with Crippen molar-refractivity contribution in [1.29, 1.82) is 0 Å². The number of para-hydroxylation sites is 1. The molecule has 1 aliphatic heterocycles. The van der Waals surface area contributed by atoms with Gasteiger partial charge in [0, 0.05) is 11.7 Å². The van der Waals surface area contributed by atoms with E-state index in [0.29, 0.717) is 12.6 Å². The third-order valence-electron chi connectivity index (χ3n) is 6.09. The highest BCUT2D eigenvalue weighted by molar-refractivity contribution is 5.77. The van der Waals surface area contributed by atoms with Crippen LogP contribution in [0.25, 0.3) is 0 Å². The third kappa shape index (κ3) is 3.37. The molecule has 124 valence electrons. The van der Waals surface area contributed by atoms with E-state index >= 15 is 0 Å². The Morgan fingerprint density at radius 1 is 1.13 bits per heavy atom. The second kappa shape index (κ2) is 6.52. The zero-order valence-corrected chi connectivity index (χ0v) is 13.8. The molecule has 3 atom stereocenters. The highest BCUT2D eigenvalue weighted by Gasteiger charge is 2.40. The lowest BCUT2D eigenvalue weighted by Crippen LogP contribution is -3.16. The first kappa shape index (κ1) is 15.0. The molecule has 3 fully saturated rings. The number of nitrogens with one attached hydrogen (secondary N) is 2. The molecule has 4 nitrogen and oxygen atoms in total. The van der Waals surface area contributed by atoms with Crippen molar-refractivity contribution in [2.24, 2.45) is 11.8 Å². The van der Waals surface area contributed by atoms with Crippen LogP contribution in [0.1, 0.15) is 25.7 Å². The van der Waals surface area contributed by atoms with Gasteiger partial charge in [-0.3, -0.25) is 4.79 Å². The Balaban J connectivity index is 1.22. The summed E-state index contributed by atoms with van der Waals surface area (Å²) in [7, 11) is 0. The lowest BCUT2D eigenvalue weighted by Gasteiger charge is -2.33. The number of nitrogens with zero attached hydrogens (tertiary/aromatic N) is 1. The summed E-state index contributed by atoms with van der Waals surface area (Å²) in [5.74, 6) is 1.94. The normalized spacial score (nSPS) is 30.6. The first-order valence-electron chi connectivity index (χ1n) is 9.21. The van der Waals surface area contributed by atoms with E-state index in [1.54, 1.807) is 0 Å². The Bertz CT molecular complexity index is 539. The molecule has 0 unspecified atom stereocenters. The number of rotatable bonds is 4. The fourth-order valence-corrected chi connectivity index (χ4v) is 4.80. The van der Waals surface area contributed by atoms with Gasteiger partial charge in [-0.05, 0) is 43.2 Å². The predicted molar refractivity (Wildman–Crippen MR) is 91.6 cm³/mol. The lowest BCUT2D eigenvalue weighted by atomic mass is 9.95. The molecule has 2 aliphatic carbocycles. The Kier molecular flexibility index (Phi) is 4.25. The largest absolute Gasteiger partial charge is 0.360 e. The van der Waals surface area contributed by atoms with Crippen molar-refractivity contribution in [3.8, 4) is 0 Å². The number of hydrogen-bond acceptors (Lipinski definition) is 2. The molecule has 1 aromatic carbocycles. The van der Waals surface area contributed by atoms with Crippen molar-refractivity contribution in [1.82, 2.24) is 5.32 Å². The van der Waals surface area contributed by atoms with Gasteiger partial charge in [0.15, 0.2) is 6.54 Å². The smallest absolute Gasteiger partial charge is 0.275 e. The summed E-state index contributed by atoms with van der Waals surface area (Å²) in [6.07, 6.45) is 5.31. The van der Waals surface area contributed by atoms with Crippen LogP contribution < -0.4 is 15.1 Å². The molecule has 2 N–H and O–H groups in total. The Hall–Kier alpha value is -1.55. The van der Waals surface area contributed by atoms with Crippen LogP contribution in [0.5, 0.6) is 0 Å². The van der Waals surface area contributed by atoms with Gasteiger partial charge in [-0.2, -0.15) is 0 Å². The van der Waals surface area contributed by atoms with Gasteiger partial charge in [0.05, 0.1) is 26.2 Å². The number of amides is 1. The predicted octanol–water partition coefficient (Wildman–Crippen LogP) is 0.696. The van der Waals surface area contributed by atoms with E-state index in [2.05, 4.69) is 40.5 Å². The van der Waals surface area contributed by atoms with Crippen LogP contribution in [0.3, 0.4) is 0 Å². The second-order valence-electron chi connectivity index (χ2n) is 7.60. The number of piperazine rings is 1. The zero-order valence-electron chi connectivity index (χ0n) is 13.8. The van der Waals surface area contributed by atoms with Gasteiger partial charge >= 0.3 is 0 Å². The molecule has 1 heterocycles. The number of carbonyl (C=O) groups excluding carboxylic acids is 1. The van der Waals surface area contributed by atoms with Crippen LogP contribution in [-0.2, 0) is 4.79 Å². The molecule has 0 radical (unpaired) electrons. The maximum atomic E-state index is 12.3. The molecule has 3 aliphatic rings. The number of fused-ring (bicyclic) bond motifs is 2. The fraction of sp³-hybridized carbons (Fsp3) is 0.632. The standard InChI is InChI=1S/C19H27N3O/c23-19(20-18-13-15-6-7-16(18)12-15)14-21-8-10-22(11-9-21)17-4-2-1-3-5-17/h1-5,15-16,18H,6-14H2,(H,20,23)/p+1/t15-,16-,18+/m1/s1. The summed E-state index contributed by atoms with van der Waals surface area (Å²) in [5.41, 5.74) is 1.30. The monoisotopic (exact) mass is 314 g/mol. The van der Waals surface area contributed by atoms with E-state index in [0.717, 1.165) is 38.0 Å². The molecule has 4 rings (SSSR count). The molecular weight excluding hydrogens is 286 g/mol. The molecule has 23 heavy (non-hydrogen) atoms. The summed E-state index contributed by atoms with van der Waals surface area (Å²) in [6, 6.07) is 11.1. The van der Waals surface area contributed by atoms with Crippen molar-refractivity contribution in [2.75, 3.05) is 37.6 Å². The number of quaternary nitrogens is 1. The molecule has 1 saturated heterocycles. The van der Waals surface area contributed by atoms with E-state index in [9.17, 15) is 4.79 Å². The molecule has 0 aromatic heterocycles. The minimum atomic E-state index is 0.269. The van der Waals surface area contributed by atoms with E-state index in [1.807, 2.05) is 0 Å². The molecule has 1 amide bonds. The summed E-state index contributed by atoms with van der Waals surface area (Å²) < 4.78 is 0. The van der Waals surface area contributed by atoms with Crippen molar-refractivity contribution >= 4 is 11.6 Å². The lowest BCUT2D eigenvalue weighted by molar-refractivity contribution is -0.892. The van der Waals surface area contributed by atoms with E-state index < -0.39 is 0 Å². The van der Waals surface area contributed by atoms with Crippen LogP contribution in [0.2, 0.25) is 0 Å². The van der Waals surface area contributed by atoms with Crippen molar-refractivity contribution in [3.05, 3.63) is 30.3 Å². The average Bonchev–Trinajstić information content (AvgIpc) is 3.19. The van der Waals surface area contributed by atoms with Crippen LogP contribution in [0, 0.1) is 11.8 Å². The highest BCUT2D eigenvalue weighted by atomic mass is 16.2. The van der Waals surface area contributed by atoms with E-state index in [-0.39, 0.29) is 5.91 Å². The maximum absolute atomic E-state index is 12.3. The van der Waals surface area contributed by atoms with E-state index in [1.165, 1.54) is 36.3 Å². The number of carbonyl (C=O) groups is 1. The molecule has 2 saturated carbocycles. The Morgan fingerprint density at radius 3 is 2.57 bits per heavy atom. The molecule has 0 spiro atoms. The van der Waals surface area contributed by atoms with Crippen LogP contribution in [-0.4, -0.2) is 44.7 Å². The van der Waals surface area contributed by atoms with Gasteiger partial charge < -0.3 is 15.1 Å². The minimum absolute atomic E-state index is 0.269. The quantitative estimate of drug-likeness (QED) is 0.858. The van der Waals surface area contributed by atoms with Gasteiger partial charge in [0.1, 0.15) is 0 Å². The van der Waals surface area contributed by atoms with Gasteiger partial charge in [-0.15, -0.1) is 0 Å². The van der Waals surface area contributed by atoms with Crippen molar-refractivity contribution in [3.63, 3.8) is 0 Å². The zero-order chi connectivity index (χ0) is 15.6. The molecule has 1 aromatic rings. The average molecular weight is 314 g/mol. The first-order valence-corrected chi connectivity index (χ1v) is 9.21. The van der Waals surface area contributed by atoms with Gasteiger partial charge in [-0.25, -0.2) is 0 Å². The Labute approximate surface area is 138 Å². The number of hydrogen-bond donors (Lipinski definition) is 2. The summed E-state index contributed by atoms with van der Waals surface area (Å²) in [4.78, 5) is 16.2. The van der Waals surface area contributed by atoms with Crippen molar-refractivity contribution in [2.45, 2.75) is 31.7 Å². The highest BCUT2D eigenvalue weighted by Crippen LogP contribution is 2.44. The van der Waals surface area contributed by atoms with Gasteiger partial charge in [0.25, 0.3) is 5.91 Å². The summed E-state index contributed by atoms with van der Waals surface area (Å²) in [6.45, 7) is 4.84. The van der Waals surface area contributed by atoms with Crippen LogP contribution in [0.4, 0.5) is 5.69 Å². The molecule has 2 bridgehead atoms. The first-order chi connectivity index (χ1) is 11.3. The van der Waals surface area contributed by atoms with Crippen LogP contribution >= 0.6 is 0 Å². The fourth-order valence-electron chi connectivity index (χ4n) is 4.80. The van der Waals surface area contributed by atoms with Crippen molar-refractivity contribution < 1.29 is 9.69 Å². The summed E-state index contributed by atoms with van der Waals surface area (Å²) in [5, 5.41) is 3.33. The topological polar surface area (TPSA) is 36.8 Å². The van der Waals surface area contributed by atoms with Gasteiger partial charge in [-0.1, -0.05) is 24.6 Å². The molecule has 4 heteroatoms. The Morgan fingerprint density at radius 2 is 1.91 bits per heavy atom. The van der Waals surface area contributed by atoms with Gasteiger partial charge in [0.2, 0.25) is 0 Å². The summed E-state index contributed by atoms with van der Waals surface area (Å²) >= 11 is 0. The third-order valence-corrected chi connectivity index (χ3v) is 6.09. The number of anilines is 1. The maximum Gasteiger partial charge on any atom is 0.275 e. The van der Waals surface area contributed by atoms with Crippen LogP contribution in [0.15, 0.2) is 30.3 Å². The van der Waals surface area contributed by atoms with E-state index in [4.69, 9.17) is 0 Å². The number of benzene rings is 1. The molecular formula is C19H28N3O+. The SMILES string of the molecule is O=C(C[NH+]1CCN(c2ccccc2)CC1)N[C@H]1C[C@@H]2CC[C@@H]1C2. The second-order valence-corrected chi connectivity index (χ2v) is 7.60.